The van der Waals surface area contributed by atoms with Gasteiger partial charge in [0.2, 0.25) is 0 Å². The third kappa shape index (κ3) is 1.62. The van der Waals surface area contributed by atoms with Crippen LogP contribution in [0, 0.1) is 0 Å². The summed E-state index contributed by atoms with van der Waals surface area (Å²) in [4.78, 5) is 4.05. The molecule has 0 aliphatic carbocycles. The van der Waals surface area contributed by atoms with Gasteiger partial charge >= 0.3 is 0 Å². The summed E-state index contributed by atoms with van der Waals surface area (Å²) in [5, 5.41) is 3.28. The maximum absolute atomic E-state index is 5.56. The van der Waals surface area contributed by atoms with Gasteiger partial charge in [0.05, 0.1) is 12.7 Å². The fourth-order valence-electron chi connectivity index (χ4n) is 1.35. The van der Waals surface area contributed by atoms with E-state index in [1.54, 1.807) is 6.20 Å². The van der Waals surface area contributed by atoms with Crippen LogP contribution in [0.25, 0.3) is 0 Å². The van der Waals surface area contributed by atoms with Crippen molar-refractivity contribution in [2.45, 2.75) is 6.10 Å². The Labute approximate surface area is 71.8 Å². The summed E-state index contributed by atoms with van der Waals surface area (Å²) in [7, 11) is 0. The third-order valence-electron chi connectivity index (χ3n) is 1.98. The number of morpholine rings is 1. The quantitative estimate of drug-likeness (QED) is 0.664. The van der Waals surface area contributed by atoms with E-state index in [9.17, 15) is 0 Å². The average Bonchev–Trinajstić information content (AvgIpc) is 2.21. The number of nitrogens with one attached hydrogen (secondary N) is 1. The fraction of sp³-hybridized carbons (Fsp3) is 0.444. The number of pyridine rings is 1. The number of hydrogen-bond donors (Lipinski definition) is 1. The number of nitrogens with zero attached hydrogens (tertiary/aromatic N) is 1. The van der Waals surface area contributed by atoms with E-state index in [-0.39, 0.29) is 6.10 Å². The molecule has 1 fully saturated rings. The first-order valence-electron chi connectivity index (χ1n) is 4.19. The molecule has 1 saturated heterocycles. The van der Waals surface area contributed by atoms with Crippen LogP contribution >= 0.6 is 0 Å². The Balaban J connectivity index is 2.08. The molecule has 0 bridgehead atoms. The summed E-state index contributed by atoms with van der Waals surface area (Å²) in [6.45, 7) is 2.64. The summed E-state index contributed by atoms with van der Waals surface area (Å²) >= 11 is 0. The molecule has 1 atom stereocenters. The van der Waals surface area contributed by atoms with Crippen LogP contribution in [0.2, 0.25) is 0 Å². The molecule has 0 saturated carbocycles. The molecular formula is C9H12N2O. The molecule has 0 radical (unpaired) electrons. The Morgan fingerprint density at radius 2 is 2.58 bits per heavy atom. The molecule has 1 aromatic rings. The molecule has 64 valence electrons. The molecule has 1 N–H and O–H groups in total. The van der Waals surface area contributed by atoms with Crippen LogP contribution in [0.3, 0.4) is 0 Å². The lowest BCUT2D eigenvalue weighted by molar-refractivity contribution is 0.0275. The van der Waals surface area contributed by atoms with Gasteiger partial charge < -0.3 is 10.1 Å². The van der Waals surface area contributed by atoms with Crippen LogP contribution in [0.5, 0.6) is 0 Å². The van der Waals surface area contributed by atoms with Crippen molar-refractivity contribution in [3.63, 3.8) is 0 Å². The van der Waals surface area contributed by atoms with Crippen molar-refractivity contribution in [2.75, 3.05) is 19.7 Å². The van der Waals surface area contributed by atoms with Crippen LogP contribution in [0.15, 0.2) is 24.5 Å². The first kappa shape index (κ1) is 7.71. The highest BCUT2D eigenvalue weighted by Gasteiger charge is 2.14. The third-order valence-corrected chi connectivity index (χ3v) is 1.98. The van der Waals surface area contributed by atoms with Gasteiger partial charge in [-0.1, -0.05) is 6.07 Å². The van der Waals surface area contributed by atoms with E-state index in [4.69, 9.17) is 4.74 Å². The van der Waals surface area contributed by atoms with Gasteiger partial charge in [-0.3, -0.25) is 4.98 Å². The SMILES string of the molecule is c1cncc([C@@H]2CNCCO2)c1. The molecule has 0 aromatic carbocycles. The summed E-state index contributed by atoms with van der Waals surface area (Å²) in [5.41, 5.74) is 1.16. The Hall–Kier alpha value is -0.930. The van der Waals surface area contributed by atoms with E-state index in [0.717, 1.165) is 25.3 Å². The first-order valence-corrected chi connectivity index (χ1v) is 4.19. The number of aromatic nitrogens is 1. The zero-order valence-corrected chi connectivity index (χ0v) is 6.86. The van der Waals surface area contributed by atoms with E-state index in [2.05, 4.69) is 10.3 Å². The maximum atomic E-state index is 5.56. The number of ether oxygens (including phenoxy) is 1. The van der Waals surface area contributed by atoms with E-state index in [0.29, 0.717) is 0 Å². The Kier molecular flexibility index (Phi) is 2.34. The molecular weight excluding hydrogens is 152 g/mol. The predicted molar refractivity (Wildman–Crippen MR) is 45.8 cm³/mol. The summed E-state index contributed by atoms with van der Waals surface area (Å²) in [6.07, 6.45) is 3.82. The molecule has 0 spiro atoms. The topological polar surface area (TPSA) is 34.2 Å². The van der Waals surface area contributed by atoms with E-state index in [1.165, 1.54) is 0 Å². The zero-order chi connectivity index (χ0) is 8.23. The van der Waals surface area contributed by atoms with E-state index >= 15 is 0 Å². The normalized spacial score (nSPS) is 23.8. The molecule has 3 heteroatoms. The van der Waals surface area contributed by atoms with Crippen LogP contribution in [-0.2, 0) is 4.74 Å². The minimum absolute atomic E-state index is 0.187. The molecule has 1 aliphatic heterocycles. The zero-order valence-electron chi connectivity index (χ0n) is 6.86. The molecule has 2 heterocycles. The van der Waals surface area contributed by atoms with Gasteiger partial charge in [-0.15, -0.1) is 0 Å². The van der Waals surface area contributed by atoms with Gasteiger partial charge in [0.15, 0.2) is 0 Å². The lowest BCUT2D eigenvalue weighted by atomic mass is 10.1. The van der Waals surface area contributed by atoms with Crippen molar-refractivity contribution in [1.29, 1.82) is 0 Å². The van der Waals surface area contributed by atoms with Gasteiger partial charge in [0.1, 0.15) is 0 Å². The fourth-order valence-corrected chi connectivity index (χ4v) is 1.35. The van der Waals surface area contributed by atoms with Gasteiger partial charge in [-0.05, 0) is 6.07 Å². The van der Waals surface area contributed by atoms with Gasteiger partial charge in [-0.25, -0.2) is 0 Å². The minimum Gasteiger partial charge on any atom is -0.371 e. The second-order valence-electron chi connectivity index (χ2n) is 2.85. The summed E-state index contributed by atoms with van der Waals surface area (Å²) < 4.78 is 5.56. The van der Waals surface area contributed by atoms with Crippen molar-refractivity contribution in [2.24, 2.45) is 0 Å². The molecule has 12 heavy (non-hydrogen) atoms. The first-order chi connectivity index (χ1) is 5.97. The van der Waals surface area contributed by atoms with Crippen LogP contribution in [0.4, 0.5) is 0 Å². The lowest BCUT2D eigenvalue weighted by Gasteiger charge is -2.23. The molecule has 2 rings (SSSR count). The van der Waals surface area contributed by atoms with Crippen molar-refractivity contribution >= 4 is 0 Å². The Morgan fingerprint density at radius 3 is 3.25 bits per heavy atom. The van der Waals surface area contributed by atoms with Crippen LogP contribution in [-0.4, -0.2) is 24.7 Å². The highest BCUT2D eigenvalue weighted by Crippen LogP contribution is 2.16. The van der Waals surface area contributed by atoms with Crippen LogP contribution in [0.1, 0.15) is 11.7 Å². The Bertz CT molecular complexity index is 232. The molecule has 1 aromatic heterocycles. The predicted octanol–water partition coefficient (Wildman–Crippen LogP) is 0.742. The number of hydrogen-bond acceptors (Lipinski definition) is 3. The average molecular weight is 164 g/mol. The maximum Gasteiger partial charge on any atom is 0.0964 e. The van der Waals surface area contributed by atoms with Gasteiger partial charge in [0.25, 0.3) is 0 Å². The summed E-state index contributed by atoms with van der Waals surface area (Å²) in [5.74, 6) is 0. The van der Waals surface area contributed by atoms with E-state index in [1.807, 2.05) is 18.3 Å². The molecule has 0 amide bonds. The molecule has 1 aliphatic rings. The second kappa shape index (κ2) is 3.65. The highest BCUT2D eigenvalue weighted by molar-refractivity contribution is 5.12. The van der Waals surface area contributed by atoms with Crippen molar-refractivity contribution in [3.05, 3.63) is 30.1 Å². The smallest absolute Gasteiger partial charge is 0.0964 e. The Morgan fingerprint density at radius 1 is 1.58 bits per heavy atom. The number of rotatable bonds is 1. The van der Waals surface area contributed by atoms with Crippen molar-refractivity contribution in [1.82, 2.24) is 10.3 Å². The monoisotopic (exact) mass is 164 g/mol. The van der Waals surface area contributed by atoms with E-state index < -0.39 is 0 Å². The largest absolute Gasteiger partial charge is 0.371 e. The standard InChI is InChI=1S/C9H12N2O/c1-2-8(6-10-3-1)9-7-11-4-5-12-9/h1-3,6,9,11H,4-5,7H2/t9-/m0/s1. The van der Waals surface area contributed by atoms with Crippen molar-refractivity contribution < 1.29 is 4.74 Å². The van der Waals surface area contributed by atoms with Gasteiger partial charge in [-0.2, -0.15) is 0 Å². The van der Waals surface area contributed by atoms with Gasteiger partial charge in [0, 0.05) is 31.0 Å². The second-order valence-corrected chi connectivity index (χ2v) is 2.85. The molecule has 3 nitrogen and oxygen atoms in total. The van der Waals surface area contributed by atoms with Crippen LogP contribution < -0.4 is 5.32 Å². The minimum atomic E-state index is 0.187. The summed E-state index contributed by atoms with van der Waals surface area (Å²) in [6, 6.07) is 3.98. The highest BCUT2D eigenvalue weighted by atomic mass is 16.5. The molecule has 0 unspecified atom stereocenters. The lowest BCUT2D eigenvalue weighted by Crippen LogP contribution is -2.33. The van der Waals surface area contributed by atoms with Crippen molar-refractivity contribution in [3.8, 4) is 0 Å².